The van der Waals surface area contributed by atoms with Crippen molar-refractivity contribution < 1.29 is 23.5 Å². The van der Waals surface area contributed by atoms with Crippen LogP contribution in [0.5, 0.6) is 0 Å². The van der Waals surface area contributed by atoms with Gasteiger partial charge in [-0.2, -0.15) is 5.26 Å². The fourth-order valence-corrected chi connectivity index (χ4v) is 3.23. The first-order valence-corrected chi connectivity index (χ1v) is 9.98. The zero-order chi connectivity index (χ0) is 23.4. The molecule has 0 spiro atoms. The van der Waals surface area contributed by atoms with Gasteiger partial charge in [-0.15, -0.1) is 6.58 Å². The molecule has 0 bridgehead atoms. The van der Waals surface area contributed by atoms with Crippen LogP contribution in [0.15, 0.2) is 70.2 Å². The first kappa shape index (κ1) is 22.5. The Balaban J connectivity index is 1.96. The van der Waals surface area contributed by atoms with E-state index < -0.39 is 17.8 Å². The molecule has 1 aromatic heterocycles. The molecule has 162 valence electrons. The lowest BCUT2D eigenvalue weighted by Crippen LogP contribution is -2.42. The zero-order valence-corrected chi connectivity index (χ0v) is 18.0. The third-order valence-electron chi connectivity index (χ3n) is 4.78. The number of nitriles is 1. The number of hydrogen-bond acceptors (Lipinski definition) is 6. The van der Waals surface area contributed by atoms with Gasteiger partial charge in [0, 0.05) is 17.7 Å². The molecular formula is C25H22N2O5. The predicted molar refractivity (Wildman–Crippen MR) is 118 cm³/mol. The molecule has 0 N–H and O–H groups in total. The second-order valence-corrected chi connectivity index (χ2v) is 7.42. The van der Waals surface area contributed by atoms with Crippen LogP contribution < -0.4 is 0 Å². The number of imide groups is 1. The third-order valence-corrected chi connectivity index (χ3v) is 4.78. The molecule has 7 heteroatoms. The number of benzene rings is 1. The summed E-state index contributed by atoms with van der Waals surface area (Å²) in [6.45, 7) is 8.66. The van der Waals surface area contributed by atoms with Crippen LogP contribution in [0.3, 0.4) is 0 Å². The minimum atomic E-state index is -0.641. The molecule has 32 heavy (non-hydrogen) atoms. The van der Waals surface area contributed by atoms with Gasteiger partial charge in [0.15, 0.2) is 0 Å². The Morgan fingerprint density at radius 1 is 1.25 bits per heavy atom. The first-order chi connectivity index (χ1) is 15.3. The Kier molecular flexibility index (Phi) is 6.55. The maximum atomic E-state index is 12.8. The molecular weight excluding hydrogens is 408 g/mol. The van der Waals surface area contributed by atoms with E-state index in [4.69, 9.17) is 9.15 Å². The van der Waals surface area contributed by atoms with Gasteiger partial charge in [-0.1, -0.05) is 18.2 Å². The maximum Gasteiger partial charge on any atom is 0.338 e. The van der Waals surface area contributed by atoms with Gasteiger partial charge in [0.1, 0.15) is 23.2 Å². The molecule has 3 rings (SSSR count). The smallest absolute Gasteiger partial charge is 0.338 e. The summed E-state index contributed by atoms with van der Waals surface area (Å²) in [7, 11) is 0. The Hall–Kier alpha value is -4.18. The van der Waals surface area contributed by atoms with Crippen LogP contribution in [-0.2, 0) is 14.3 Å². The van der Waals surface area contributed by atoms with Crippen molar-refractivity contribution in [1.29, 1.82) is 5.26 Å². The van der Waals surface area contributed by atoms with Crippen molar-refractivity contribution in [3.05, 3.63) is 77.1 Å². The van der Waals surface area contributed by atoms with Crippen LogP contribution in [0.4, 0.5) is 0 Å². The number of carbonyl (C=O) groups excluding carboxylic acids is 3. The van der Waals surface area contributed by atoms with Gasteiger partial charge >= 0.3 is 5.97 Å². The predicted octanol–water partition coefficient (Wildman–Crippen LogP) is 4.29. The Labute approximate surface area is 185 Å². The van der Waals surface area contributed by atoms with E-state index in [0.29, 0.717) is 28.2 Å². The summed E-state index contributed by atoms with van der Waals surface area (Å²) in [4.78, 5) is 38.4. The van der Waals surface area contributed by atoms with E-state index in [9.17, 15) is 19.6 Å². The van der Waals surface area contributed by atoms with Crippen molar-refractivity contribution in [2.24, 2.45) is 0 Å². The molecule has 7 nitrogen and oxygen atoms in total. The molecule has 2 amide bonds. The lowest BCUT2D eigenvalue weighted by molar-refractivity contribution is -0.139. The molecule has 0 saturated heterocycles. The Morgan fingerprint density at radius 2 is 2.00 bits per heavy atom. The van der Waals surface area contributed by atoms with Crippen molar-refractivity contribution in [2.75, 3.05) is 6.54 Å². The highest BCUT2D eigenvalue weighted by Gasteiger charge is 2.34. The topological polar surface area (TPSA) is 101 Å². The van der Waals surface area contributed by atoms with Crippen LogP contribution in [0.1, 0.15) is 36.9 Å². The Morgan fingerprint density at radius 3 is 2.66 bits per heavy atom. The van der Waals surface area contributed by atoms with E-state index in [2.05, 4.69) is 6.58 Å². The quantitative estimate of drug-likeness (QED) is 0.293. The average Bonchev–Trinajstić information content (AvgIpc) is 3.23. The van der Waals surface area contributed by atoms with Crippen molar-refractivity contribution >= 4 is 23.9 Å². The highest BCUT2D eigenvalue weighted by atomic mass is 16.5. The SMILES string of the molecule is C=CCN1C(=O)C(C#N)=C(C)/C(=C\c2ccc(-c3cccc(C(=O)OC(C)C)c3)o2)C1=O. The largest absolute Gasteiger partial charge is 0.459 e. The van der Waals surface area contributed by atoms with Crippen LogP contribution in [0.2, 0.25) is 0 Å². The van der Waals surface area contributed by atoms with Gasteiger partial charge < -0.3 is 9.15 Å². The minimum absolute atomic E-state index is 0.00383. The van der Waals surface area contributed by atoms with E-state index in [1.165, 1.54) is 12.2 Å². The molecule has 1 aliphatic heterocycles. The van der Waals surface area contributed by atoms with E-state index in [1.807, 2.05) is 6.07 Å². The molecule has 0 aliphatic carbocycles. The molecule has 2 aromatic rings. The molecule has 0 fully saturated rings. The molecule has 0 atom stereocenters. The monoisotopic (exact) mass is 430 g/mol. The molecule has 1 aromatic carbocycles. The lowest BCUT2D eigenvalue weighted by Gasteiger charge is -2.26. The van der Waals surface area contributed by atoms with Crippen LogP contribution in [0.25, 0.3) is 17.4 Å². The third kappa shape index (κ3) is 4.44. The van der Waals surface area contributed by atoms with Crippen LogP contribution >= 0.6 is 0 Å². The van der Waals surface area contributed by atoms with E-state index in [-0.39, 0.29) is 23.8 Å². The molecule has 2 heterocycles. The van der Waals surface area contributed by atoms with Gasteiger partial charge in [0.25, 0.3) is 11.8 Å². The highest BCUT2D eigenvalue weighted by molar-refractivity contribution is 6.19. The Bertz CT molecular complexity index is 1210. The number of hydrogen-bond donors (Lipinski definition) is 0. The van der Waals surface area contributed by atoms with Crippen LogP contribution in [0, 0.1) is 11.3 Å². The number of esters is 1. The molecule has 1 aliphatic rings. The standard InChI is InChI=1S/C25H22N2O5/c1-5-11-27-23(28)20(16(4)21(14-26)24(27)29)13-19-9-10-22(32-19)17-7-6-8-18(12-17)25(30)31-15(2)3/h5-10,12-13,15H,1,11H2,2-4H3/b20-13+. The number of rotatable bonds is 6. The number of furan rings is 1. The summed E-state index contributed by atoms with van der Waals surface area (Å²) < 4.78 is 11.1. The van der Waals surface area contributed by atoms with Gasteiger partial charge in [-0.25, -0.2) is 4.79 Å². The number of nitrogens with zero attached hydrogens (tertiary/aromatic N) is 2. The zero-order valence-electron chi connectivity index (χ0n) is 18.0. The summed E-state index contributed by atoms with van der Waals surface area (Å²) in [5, 5.41) is 9.39. The second kappa shape index (κ2) is 9.31. The summed E-state index contributed by atoms with van der Waals surface area (Å²) in [5.74, 6) is -0.746. The van der Waals surface area contributed by atoms with Gasteiger partial charge in [0.2, 0.25) is 0 Å². The van der Waals surface area contributed by atoms with Crippen molar-refractivity contribution in [2.45, 2.75) is 26.9 Å². The summed E-state index contributed by atoms with van der Waals surface area (Å²) in [5.41, 5.74) is 1.44. The van der Waals surface area contributed by atoms with Crippen LogP contribution in [-0.4, -0.2) is 35.3 Å². The molecule has 0 radical (unpaired) electrons. The molecule has 0 unspecified atom stereocenters. The highest BCUT2D eigenvalue weighted by Crippen LogP contribution is 2.29. The van der Waals surface area contributed by atoms with E-state index in [1.54, 1.807) is 57.2 Å². The van der Waals surface area contributed by atoms with Crippen molar-refractivity contribution in [1.82, 2.24) is 4.90 Å². The lowest BCUT2D eigenvalue weighted by atomic mass is 9.94. The van der Waals surface area contributed by atoms with Crippen molar-refractivity contribution in [3.8, 4) is 17.4 Å². The number of ether oxygens (including phenoxy) is 1. The van der Waals surface area contributed by atoms with E-state index in [0.717, 1.165) is 4.90 Å². The summed E-state index contributed by atoms with van der Waals surface area (Å²) in [6, 6.07) is 12.1. The van der Waals surface area contributed by atoms with Crippen molar-refractivity contribution in [3.63, 3.8) is 0 Å². The fourth-order valence-electron chi connectivity index (χ4n) is 3.23. The second-order valence-electron chi connectivity index (χ2n) is 7.42. The average molecular weight is 430 g/mol. The maximum absolute atomic E-state index is 12.8. The number of amides is 2. The number of carbonyl (C=O) groups is 3. The van der Waals surface area contributed by atoms with E-state index >= 15 is 0 Å². The van der Waals surface area contributed by atoms with Gasteiger partial charge in [0.05, 0.1) is 11.7 Å². The normalized spacial score (nSPS) is 15.3. The fraction of sp³-hybridized carbons (Fsp3) is 0.200. The summed E-state index contributed by atoms with van der Waals surface area (Å²) >= 11 is 0. The van der Waals surface area contributed by atoms with Gasteiger partial charge in [-0.05, 0) is 56.7 Å². The molecule has 0 saturated carbocycles. The first-order valence-electron chi connectivity index (χ1n) is 9.98. The van der Waals surface area contributed by atoms with Gasteiger partial charge in [-0.3, -0.25) is 14.5 Å². The summed E-state index contributed by atoms with van der Waals surface area (Å²) in [6.07, 6.45) is 2.69. The minimum Gasteiger partial charge on any atom is -0.459 e.